The van der Waals surface area contributed by atoms with Crippen LogP contribution in [0.5, 0.6) is 5.75 Å². The van der Waals surface area contributed by atoms with Crippen LogP contribution in [-0.2, 0) is 13.2 Å². The van der Waals surface area contributed by atoms with Gasteiger partial charge in [0.1, 0.15) is 17.4 Å². The number of carbonyl (C=O) groups is 1. The van der Waals surface area contributed by atoms with E-state index in [-0.39, 0.29) is 12.1 Å². The van der Waals surface area contributed by atoms with Gasteiger partial charge in [-0.3, -0.25) is 0 Å². The Kier molecular flexibility index (Phi) is 7.35. The molecule has 2 amide bonds. The predicted octanol–water partition coefficient (Wildman–Crippen LogP) is 4.97. The van der Waals surface area contributed by atoms with Crippen LogP contribution < -0.4 is 10.1 Å². The molecule has 8 heteroatoms. The fraction of sp³-hybridized carbons (Fsp3) is 0.412. The molecule has 0 saturated carbocycles. The molecule has 0 aliphatic carbocycles. The highest BCUT2D eigenvalue weighted by molar-refractivity contribution is 7.09. The zero-order valence-corrected chi connectivity index (χ0v) is 16.7. The molecule has 0 fully saturated rings. The van der Waals surface area contributed by atoms with E-state index in [1.807, 2.05) is 26.2 Å². The molecule has 0 atom stereocenters. The minimum atomic E-state index is -0.0889. The van der Waals surface area contributed by atoms with E-state index >= 15 is 0 Å². The van der Waals surface area contributed by atoms with Gasteiger partial charge in [-0.1, -0.05) is 23.2 Å². The topological polar surface area (TPSA) is 54.5 Å². The maximum absolute atomic E-state index is 12.1. The van der Waals surface area contributed by atoms with Gasteiger partial charge >= 0.3 is 6.03 Å². The first-order valence-corrected chi connectivity index (χ1v) is 9.59. The van der Waals surface area contributed by atoms with Gasteiger partial charge in [0.25, 0.3) is 0 Å². The van der Waals surface area contributed by atoms with Gasteiger partial charge in [0.15, 0.2) is 0 Å². The summed E-state index contributed by atoms with van der Waals surface area (Å²) < 4.78 is 5.69. The van der Waals surface area contributed by atoms with E-state index in [4.69, 9.17) is 27.9 Å². The molecule has 0 saturated heterocycles. The van der Waals surface area contributed by atoms with E-state index < -0.39 is 0 Å². The fourth-order valence-electron chi connectivity index (χ4n) is 2.13. The quantitative estimate of drug-likeness (QED) is 0.712. The number of nitrogens with one attached hydrogen (secondary N) is 1. The summed E-state index contributed by atoms with van der Waals surface area (Å²) in [7, 11) is 0. The Morgan fingerprint density at radius 2 is 2.16 bits per heavy atom. The zero-order valence-electron chi connectivity index (χ0n) is 14.4. The smallest absolute Gasteiger partial charge is 0.317 e. The van der Waals surface area contributed by atoms with E-state index in [1.54, 1.807) is 23.1 Å². The van der Waals surface area contributed by atoms with Crippen molar-refractivity contribution in [2.24, 2.45) is 0 Å². The molecule has 0 bridgehead atoms. The number of ether oxygens (including phenoxy) is 1. The monoisotopic (exact) mass is 401 g/mol. The highest BCUT2D eigenvalue weighted by Crippen LogP contribution is 2.28. The number of thiazole rings is 1. The molecule has 1 heterocycles. The van der Waals surface area contributed by atoms with E-state index in [2.05, 4.69) is 10.3 Å². The Hall–Kier alpha value is -1.50. The van der Waals surface area contributed by atoms with Crippen molar-refractivity contribution in [3.8, 4) is 5.75 Å². The number of carbonyl (C=O) groups excluding carboxylic acids is 1. The van der Waals surface area contributed by atoms with Gasteiger partial charge in [0.05, 0.1) is 17.3 Å². The summed E-state index contributed by atoms with van der Waals surface area (Å²) in [5.74, 6) is 0.525. The summed E-state index contributed by atoms with van der Waals surface area (Å²) >= 11 is 13.5. The number of halogens is 2. The molecule has 5 nitrogen and oxygen atoms in total. The van der Waals surface area contributed by atoms with E-state index in [0.717, 1.165) is 10.7 Å². The number of urea groups is 1. The van der Waals surface area contributed by atoms with Gasteiger partial charge in [-0.2, -0.15) is 0 Å². The van der Waals surface area contributed by atoms with Gasteiger partial charge in [0.2, 0.25) is 0 Å². The van der Waals surface area contributed by atoms with Crippen molar-refractivity contribution in [2.45, 2.75) is 40.0 Å². The first kappa shape index (κ1) is 19.8. The number of nitrogens with zero attached hydrogens (tertiary/aromatic N) is 2. The first-order valence-electron chi connectivity index (χ1n) is 7.96. The fourth-order valence-corrected chi connectivity index (χ4v) is 3.16. The molecule has 1 N–H and O–H groups in total. The van der Waals surface area contributed by atoms with Crippen molar-refractivity contribution in [3.63, 3.8) is 0 Å². The van der Waals surface area contributed by atoms with Gasteiger partial charge in [0, 0.05) is 29.1 Å². The third kappa shape index (κ3) is 5.76. The lowest BCUT2D eigenvalue weighted by molar-refractivity contribution is 0.179. The van der Waals surface area contributed by atoms with Crippen molar-refractivity contribution >= 4 is 40.6 Å². The van der Waals surface area contributed by atoms with Crippen LogP contribution >= 0.6 is 34.5 Å². The molecule has 1 aromatic heterocycles. The van der Waals surface area contributed by atoms with Crippen LogP contribution in [0.4, 0.5) is 4.79 Å². The van der Waals surface area contributed by atoms with Crippen LogP contribution in [0.3, 0.4) is 0 Å². The molecule has 2 aromatic rings. The average Bonchev–Trinajstić information content (AvgIpc) is 3.01. The number of rotatable bonds is 7. The van der Waals surface area contributed by atoms with Gasteiger partial charge < -0.3 is 15.0 Å². The minimum Gasteiger partial charge on any atom is -0.485 e. The van der Waals surface area contributed by atoms with Gasteiger partial charge in [-0.05, 0) is 32.9 Å². The lowest BCUT2D eigenvalue weighted by atomic mass is 10.3. The molecule has 25 heavy (non-hydrogen) atoms. The van der Waals surface area contributed by atoms with Crippen molar-refractivity contribution in [1.82, 2.24) is 15.2 Å². The molecule has 0 radical (unpaired) electrons. The molecule has 2 rings (SSSR count). The largest absolute Gasteiger partial charge is 0.485 e. The Balaban J connectivity index is 1.99. The van der Waals surface area contributed by atoms with Crippen LogP contribution in [0.2, 0.25) is 10.0 Å². The summed E-state index contributed by atoms with van der Waals surface area (Å²) in [6.45, 7) is 7.21. The second-order valence-electron chi connectivity index (χ2n) is 5.65. The summed E-state index contributed by atoms with van der Waals surface area (Å²) in [6, 6.07) is 5.07. The first-order chi connectivity index (χ1) is 11.9. The van der Waals surface area contributed by atoms with Crippen LogP contribution in [0.25, 0.3) is 0 Å². The lowest BCUT2D eigenvalue weighted by Gasteiger charge is -2.25. The Morgan fingerprint density at radius 3 is 2.84 bits per heavy atom. The normalized spacial score (nSPS) is 10.8. The van der Waals surface area contributed by atoms with Gasteiger partial charge in [-0.15, -0.1) is 11.3 Å². The number of hydrogen-bond donors (Lipinski definition) is 1. The van der Waals surface area contributed by atoms with Crippen molar-refractivity contribution in [2.75, 3.05) is 6.54 Å². The minimum absolute atomic E-state index is 0.0817. The standard InChI is InChI=1S/C17H21Cl2N3O2S/c1-4-20-17(23)22(11(2)3)8-13-10-25-16(21-13)9-24-15-7-12(18)5-6-14(15)19/h5-7,10-11H,4,8-9H2,1-3H3,(H,20,23). The molecule has 0 aliphatic rings. The summed E-state index contributed by atoms with van der Waals surface area (Å²) in [6.07, 6.45) is 0. The average molecular weight is 402 g/mol. The lowest BCUT2D eigenvalue weighted by Crippen LogP contribution is -2.43. The molecule has 136 valence electrons. The highest BCUT2D eigenvalue weighted by atomic mass is 35.5. The van der Waals surface area contributed by atoms with Crippen LogP contribution in [0.15, 0.2) is 23.6 Å². The molecule has 1 aromatic carbocycles. The molecular weight excluding hydrogens is 381 g/mol. The molecule has 0 aliphatic heterocycles. The Morgan fingerprint density at radius 1 is 1.40 bits per heavy atom. The molecule has 0 spiro atoms. The number of aromatic nitrogens is 1. The van der Waals surface area contributed by atoms with Crippen molar-refractivity contribution in [1.29, 1.82) is 0 Å². The Labute approximate surface area is 161 Å². The van der Waals surface area contributed by atoms with Crippen molar-refractivity contribution in [3.05, 3.63) is 44.3 Å². The second kappa shape index (κ2) is 9.27. The van der Waals surface area contributed by atoms with Gasteiger partial charge in [-0.25, -0.2) is 9.78 Å². The second-order valence-corrected chi connectivity index (χ2v) is 7.44. The number of hydrogen-bond acceptors (Lipinski definition) is 4. The van der Waals surface area contributed by atoms with E-state index in [1.165, 1.54) is 11.3 Å². The van der Waals surface area contributed by atoms with Crippen molar-refractivity contribution < 1.29 is 9.53 Å². The van der Waals surface area contributed by atoms with Crippen LogP contribution in [-0.4, -0.2) is 28.5 Å². The number of amides is 2. The van der Waals surface area contributed by atoms with E-state index in [0.29, 0.717) is 35.5 Å². The summed E-state index contributed by atoms with van der Waals surface area (Å²) in [5.41, 5.74) is 0.834. The maximum Gasteiger partial charge on any atom is 0.317 e. The number of benzene rings is 1. The van der Waals surface area contributed by atoms with Crippen LogP contribution in [0, 0.1) is 0 Å². The third-order valence-electron chi connectivity index (χ3n) is 3.39. The molecular formula is C17H21Cl2N3O2S. The third-order valence-corrected chi connectivity index (χ3v) is 4.81. The highest BCUT2D eigenvalue weighted by Gasteiger charge is 2.18. The predicted molar refractivity (Wildman–Crippen MR) is 103 cm³/mol. The van der Waals surface area contributed by atoms with E-state index in [9.17, 15) is 4.79 Å². The summed E-state index contributed by atoms with van der Waals surface area (Å²) in [4.78, 5) is 18.4. The maximum atomic E-state index is 12.1. The summed E-state index contributed by atoms with van der Waals surface area (Å²) in [5, 5.41) is 6.64. The molecule has 0 unspecified atom stereocenters. The Bertz CT molecular complexity index is 722. The zero-order chi connectivity index (χ0) is 18.4. The van der Waals surface area contributed by atoms with Crippen LogP contribution in [0.1, 0.15) is 31.5 Å². The SMILES string of the molecule is CCNC(=O)N(Cc1csc(COc2cc(Cl)ccc2Cl)n1)C(C)C.